The van der Waals surface area contributed by atoms with Crippen molar-refractivity contribution in [2.45, 2.75) is 31.8 Å². The molecule has 0 atom stereocenters. The summed E-state index contributed by atoms with van der Waals surface area (Å²) in [4.78, 5) is 3.43. The van der Waals surface area contributed by atoms with Gasteiger partial charge in [0.15, 0.2) is 0 Å². The SMILES string of the molecule is N#Cc1cc(-c2cccc3[nH]c(C#CC4CCOCC4)cc23)ccc1OC1CCOCC1. The Morgan fingerprint density at radius 3 is 2.50 bits per heavy atom. The first-order chi connectivity index (χ1) is 15.8. The number of benzene rings is 2. The number of aromatic nitrogens is 1. The van der Waals surface area contributed by atoms with E-state index in [1.807, 2.05) is 24.3 Å². The lowest BCUT2D eigenvalue weighted by Gasteiger charge is -2.24. The molecule has 2 aliphatic rings. The summed E-state index contributed by atoms with van der Waals surface area (Å²) in [5.41, 5.74) is 4.58. The Hall–Kier alpha value is -3.25. The third kappa shape index (κ3) is 4.50. The molecule has 5 heteroatoms. The zero-order chi connectivity index (χ0) is 21.8. The van der Waals surface area contributed by atoms with Crippen molar-refractivity contribution in [1.29, 1.82) is 5.26 Å². The summed E-state index contributed by atoms with van der Waals surface area (Å²) in [7, 11) is 0. The molecule has 2 aliphatic heterocycles. The fourth-order valence-corrected chi connectivity index (χ4v) is 4.36. The molecule has 0 spiro atoms. The Labute approximate surface area is 188 Å². The highest BCUT2D eigenvalue weighted by atomic mass is 16.5. The highest BCUT2D eigenvalue weighted by molar-refractivity contribution is 5.96. The average molecular weight is 427 g/mol. The number of H-pyrrole nitrogens is 1. The Kier molecular flexibility index (Phi) is 6.12. The monoisotopic (exact) mass is 426 g/mol. The van der Waals surface area contributed by atoms with E-state index in [-0.39, 0.29) is 6.10 Å². The number of ether oxygens (including phenoxy) is 3. The summed E-state index contributed by atoms with van der Waals surface area (Å²) in [6.45, 7) is 3.01. The molecule has 3 aromatic rings. The minimum atomic E-state index is 0.103. The topological polar surface area (TPSA) is 67.3 Å². The predicted octanol–water partition coefficient (Wildman–Crippen LogP) is 5.04. The fraction of sp³-hybridized carbons (Fsp3) is 0.370. The van der Waals surface area contributed by atoms with Crippen LogP contribution < -0.4 is 4.74 Å². The number of hydrogen-bond acceptors (Lipinski definition) is 4. The van der Waals surface area contributed by atoms with Crippen LogP contribution in [0.3, 0.4) is 0 Å². The third-order valence-electron chi connectivity index (χ3n) is 6.17. The van der Waals surface area contributed by atoms with Crippen molar-refractivity contribution in [3.8, 4) is 34.8 Å². The van der Waals surface area contributed by atoms with Gasteiger partial charge in [-0.1, -0.05) is 24.1 Å². The van der Waals surface area contributed by atoms with Crippen molar-refractivity contribution in [3.63, 3.8) is 0 Å². The molecule has 0 amide bonds. The number of nitriles is 1. The van der Waals surface area contributed by atoms with Crippen LogP contribution in [-0.2, 0) is 9.47 Å². The minimum Gasteiger partial charge on any atom is -0.489 e. The molecular formula is C27H26N2O3. The second kappa shape index (κ2) is 9.49. The van der Waals surface area contributed by atoms with E-state index < -0.39 is 0 Å². The predicted molar refractivity (Wildman–Crippen MR) is 123 cm³/mol. The molecule has 32 heavy (non-hydrogen) atoms. The van der Waals surface area contributed by atoms with Gasteiger partial charge in [-0.05, 0) is 54.2 Å². The van der Waals surface area contributed by atoms with E-state index in [0.717, 1.165) is 66.6 Å². The van der Waals surface area contributed by atoms with Crippen LogP contribution in [0, 0.1) is 29.1 Å². The molecule has 2 aromatic carbocycles. The molecule has 5 rings (SSSR count). The number of rotatable bonds is 3. The van der Waals surface area contributed by atoms with E-state index in [0.29, 0.717) is 30.4 Å². The molecule has 0 saturated carbocycles. The first-order valence-electron chi connectivity index (χ1n) is 11.3. The minimum absolute atomic E-state index is 0.103. The second-order valence-electron chi connectivity index (χ2n) is 8.36. The van der Waals surface area contributed by atoms with E-state index in [2.05, 4.69) is 41.1 Å². The average Bonchev–Trinajstić information content (AvgIpc) is 3.28. The maximum Gasteiger partial charge on any atom is 0.137 e. The van der Waals surface area contributed by atoms with Crippen LogP contribution in [-0.4, -0.2) is 37.5 Å². The summed E-state index contributed by atoms with van der Waals surface area (Å²) in [5.74, 6) is 7.75. The van der Waals surface area contributed by atoms with Gasteiger partial charge in [-0.3, -0.25) is 0 Å². The zero-order valence-corrected chi connectivity index (χ0v) is 18.0. The van der Waals surface area contributed by atoms with Gasteiger partial charge in [0.1, 0.15) is 17.9 Å². The van der Waals surface area contributed by atoms with Crippen molar-refractivity contribution in [1.82, 2.24) is 4.98 Å². The Balaban J connectivity index is 1.43. The first kappa shape index (κ1) is 20.6. The van der Waals surface area contributed by atoms with Crippen molar-refractivity contribution >= 4 is 10.9 Å². The summed E-state index contributed by atoms with van der Waals surface area (Å²) < 4.78 is 16.9. The molecule has 2 saturated heterocycles. The van der Waals surface area contributed by atoms with Crippen LogP contribution in [0.25, 0.3) is 22.0 Å². The number of fused-ring (bicyclic) bond motifs is 1. The lowest BCUT2D eigenvalue weighted by Crippen LogP contribution is -2.26. The summed E-state index contributed by atoms with van der Waals surface area (Å²) in [5, 5.41) is 10.8. The fourth-order valence-electron chi connectivity index (χ4n) is 4.36. The van der Waals surface area contributed by atoms with Gasteiger partial charge in [-0.2, -0.15) is 5.26 Å². The molecule has 2 fully saturated rings. The first-order valence-corrected chi connectivity index (χ1v) is 11.3. The molecule has 5 nitrogen and oxygen atoms in total. The maximum absolute atomic E-state index is 9.74. The summed E-state index contributed by atoms with van der Waals surface area (Å²) in [6, 6.07) is 16.5. The number of nitrogens with one attached hydrogen (secondary N) is 1. The molecule has 3 heterocycles. The van der Waals surface area contributed by atoms with Gasteiger partial charge in [0.05, 0.1) is 24.5 Å². The van der Waals surface area contributed by atoms with Crippen LogP contribution in [0.5, 0.6) is 5.75 Å². The van der Waals surface area contributed by atoms with E-state index in [1.165, 1.54) is 0 Å². The molecule has 0 unspecified atom stereocenters. The molecule has 0 aliphatic carbocycles. The maximum atomic E-state index is 9.74. The molecule has 162 valence electrons. The summed E-state index contributed by atoms with van der Waals surface area (Å²) in [6.07, 6.45) is 3.81. The molecule has 0 bridgehead atoms. The van der Waals surface area contributed by atoms with Crippen LogP contribution in [0.1, 0.15) is 36.9 Å². The Morgan fingerprint density at radius 1 is 0.938 bits per heavy atom. The standard InChI is InChI=1S/C27H26N2O3/c28-18-21-16-20(5-7-27(21)32-23-10-14-31-15-11-23)24-2-1-3-26-25(24)17-22(29-26)6-4-19-8-12-30-13-9-19/h1-3,5,7,16-17,19,23,29H,8-15H2. The van der Waals surface area contributed by atoms with Gasteiger partial charge in [0.25, 0.3) is 0 Å². The van der Waals surface area contributed by atoms with Crippen molar-refractivity contribution < 1.29 is 14.2 Å². The molecule has 1 N–H and O–H groups in total. The van der Waals surface area contributed by atoms with Crippen LogP contribution in [0.2, 0.25) is 0 Å². The smallest absolute Gasteiger partial charge is 0.137 e. The number of nitrogens with zero attached hydrogens (tertiary/aromatic N) is 1. The zero-order valence-electron chi connectivity index (χ0n) is 18.0. The lowest BCUT2D eigenvalue weighted by atomic mass is 9.99. The van der Waals surface area contributed by atoms with Crippen molar-refractivity contribution in [3.05, 3.63) is 53.7 Å². The normalized spacial score (nSPS) is 17.5. The van der Waals surface area contributed by atoms with Crippen LogP contribution in [0.15, 0.2) is 42.5 Å². The quantitative estimate of drug-likeness (QED) is 0.596. The molecule has 1 aromatic heterocycles. The van der Waals surface area contributed by atoms with E-state index in [4.69, 9.17) is 14.2 Å². The highest BCUT2D eigenvalue weighted by Gasteiger charge is 2.18. The van der Waals surface area contributed by atoms with Gasteiger partial charge < -0.3 is 19.2 Å². The van der Waals surface area contributed by atoms with Gasteiger partial charge in [0, 0.05) is 42.9 Å². The second-order valence-corrected chi connectivity index (χ2v) is 8.36. The molecular weight excluding hydrogens is 400 g/mol. The Bertz CT molecular complexity index is 1200. The van der Waals surface area contributed by atoms with Gasteiger partial charge in [0.2, 0.25) is 0 Å². The third-order valence-corrected chi connectivity index (χ3v) is 6.17. The number of aromatic amines is 1. The van der Waals surface area contributed by atoms with Gasteiger partial charge in [-0.25, -0.2) is 0 Å². The molecule has 0 radical (unpaired) electrons. The van der Waals surface area contributed by atoms with Crippen molar-refractivity contribution in [2.24, 2.45) is 5.92 Å². The van der Waals surface area contributed by atoms with Crippen LogP contribution in [0.4, 0.5) is 0 Å². The largest absolute Gasteiger partial charge is 0.489 e. The van der Waals surface area contributed by atoms with E-state index in [9.17, 15) is 5.26 Å². The van der Waals surface area contributed by atoms with Crippen LogP contribution >= 0.6 is 0 Å². The van der Waals surface area contributed by atoms with E-state index >= 15 is 0 Å². The number of hydrogen-bond donors (Lipinski definition) is 1. The summed E-state index contributed by atoms with van der Waals surface area (Å²) >= 11 is 0. The Morgan fingerprint density at radius 2 is 1.72 bits per heavy atom. The van der Waals surface area contributed by atoms with Gasteiger partial charge in [-0.15, -0.1) is 0 Å². The highest BCUT2D eigenvalue weighted by Crippen LogP contribution is 2.33. The van der Waals surface area contributed by atoms with E-state index in [1.54, 1.807) is 0 Å². The lowest BCUT2D eigenvalue weighted by molar-refractivity contribution is 0.0254. The van der Waals surface area contributed by atoms with Crippen molar-refractivity contribution in [2.75, 3.05) is 26.4 Å². The van der Waals surface area contributed by atoms with Gasteiger partial charge >= 0.3 is 0 Å².